The van der Waals surface area contributed by atoms with E-state index >= 15 is 0 Å². The van der Waals surface area contributed by atoms with Crippen LogP contribution in [0.15, 0.2) is 48.5 Å². The summed E-state index contributed by atoms with van der Waals surface area (Å²) in [4.78, 5) is 22.7. The van der Waals surface area contributed by atoms with E-state index in [1.54, 1.807) is 18.2 Å². The zero-order valence-electron chi connectivity index (χ0n) is 21.3. The highest BCUT2D eigenvalue weighted by molar-refractivity contribution is 6.30. The first kappa shape index (κ1) is 27.7. The molecule has 210 valence electrons. The third kappa shape index (κ3) is 6.00. The molecule has 4 aromatic rings. The summed E-state index contributed by atoms with van der Waals surface area (Å²) in [6.45, 7) is -0.370. The van der Waals surface area contributed by atoms with Gasteiger partial charge in [-0.05, 0) is 56.3 Å². The number of hydrogen-bond acceptors (Lipinski definition) is 6. The molecule has 1 aliphatic heterocycles. The van der Waals surface area contributed by atoms with E-state index in [0.29, 0.717) is 41.9 Å². The molecule has 3 heterocycles. The van der Waals surface area contributed by atoms with Gasteiger partial charge in [0.1, 0.15) is 29.5 Å². The Bertz CT molecular complexity index is 1530. The third-order valence-electron chi connectivity index (χ3n) is 6.97. The van der Waals surface area contributed by atoms with Crippen molar-refractivity contribution in [3.05, 3.63) is 82.0 Å². The standard InChI is InChI=1S/C28H26ClF3N4O4/c29-20-5-4-18(21(32)12-20)14-39-26-3-1-2-22(34-26)17-6-8-35(9-7-17)13-25-33-23-10-19(28(37)38)11-24(40-16-31)27(23)36(25)15-30/h1-5,10-12,17H,6-9,13-16H2,(H,37,38). The lowest BCUT2D eigenvalue weighted by Crippen LogP contribution is -2.33. The van der Waals surface area contributed by atoms with E-state index in [9.17, 15) is 23.1 Å². The summed E-state index contributed by atoms with van der Waals surface area (Å²) in [6.07, 6.45) is 1.58. The molecular formula is C28H26ClF3N4O4. The van der Waals surface area contributed by atoms with Crippen LogP contribution < -0.4 is 9.47 Å². The molecule has 2 aromatic carbocycles. The fourth-order valence-electron chi connectivity index (χ4n) is 4.94. The van der Waals surface area contributed by atoms with Crippen LogP contribution in [0.5, 0.6) is 11.6 Å². The maximum Gasteiger partial charge on any atom is 0.335 e. The lowest BCUT2D eigenvalue weighted by Gasteiger charge is -2.31. The minimum Gasteiger partial charge on any atom is -0.478 e. The fraction of sp³-hybridized carbons (Fsp3) is 0.321. The van der Waals surface area contributed by atoms with Crippen LogP contribution in [0, 0.1) is 5.82 Å². The largest absolute Gasteiger partial charge is 0.478 e. The summed E-state index contributed by atoms with van der Waals surface area (Å²) in [7, 11) is 0. The Morgan fingerprint density at radius 2 is 1.88 bits per heavy atom. The van der Waals surface area contributed by atoms with Gasteiger partial charge in [0.25, 0.3) is 0 Å². The normalized spacial score (nSPS) is 14.5. The lowest BCUT2D eigenvalue weighted by atomic mass is 9.93. The molecule has 0 radical (unpaired) electrons. The van der Waals surface area contributed by atoms with Gasteiger partial charge in [-0.1, -0.05) is 23.7 Å². The smallest absolute Gasteiger partial charge is 0.335 e. The van der Waals surface area contributed by atoms with Crippen molar-refractivity contribution in [3.63, 3.8) is 0 Å². The molecule has 0 bridgehead atoms. The van der Waals surface area contributed by atoms with Gasteiger partial charge >= 0.3 is 5.97 Å². The summed E-state index contributed by atoms with van der Waals surface area (Å²) in [5.74, 6) is -0.757. The van der Waals surface area contributed by atoms with Gasteiger partial charge < -0.3 is 14.6 Å². The van der Waals surface area contributed by atoms with Crippen molar-refractivity contribution in [2.24, 2.45) is 0 Å². The minimum atomic E-state index is -1.22. The summed E-state index contributed by atoms with van der Waals surface area (Å²) in [5.41, 5.74) is 1.58. The van der Waals surface area contributed by atoms with Crippen molar-refractivity contribution in [3.8, 4) is 11.6 Å². The van der Waals surface area contributed by atoms with Gasteiger partial charge in [0.15, 0.2) is 6.80 Å². The van der Waals surface area contributed by atoms with Gasteiger partial charge in [-0.3, -0.25) is 9.47 Å². The number of carbonyl (C=O) groups is 1. The second-order valence-electron chi connectivity index (χ2n) is 9.45. The number of pyridine rings is 1. The van der Waals surface area contributed by atoms with Crippen LogP contribution >= 0.6 is 11.6 Å². The number of carboxylic acids is 1. The Kier molecular flexibility index (Phi) is 8.41. The molecule has 40 heavy (non-hydrogen) atoms. The Labute approximate surface area is 232 Å². The predicted molar refractivity (Wildman–Crippen MR) is 142 cm³/mol. The number of likely N-dealkylation sites (tertiary alicyclic amines) is 1. The van der Waals surface area contributed by atoms with Crippen LogP contribution in [-0.2, 0) is 20.0 Å². The van der Waals surface area contributed by atoms with Crippen LogP contribution in [0.3, 0.4) is 0 Å². The SMILES string of the molecule is O=C(O)c1cc(OCF)c2c(c1)nc(CN1CCC(c3cccc(OCc4ccc(Cl)cc4F)n3)CC1)n2CF. The highest BCUT2D eigenvalue weighted by atomic mass is 35.5. The van der Waals surface area contributed by atoms with E-state index in [0.717, 1.165) is 18.5 Å². The molecule has 0 unspecified atom stereocenters. The Hall–Kier alpha value is -3.83. The van der Waals surface area contributed by atoms with Crippen molar-refractivity contribution in [2.75, 3.05) is 20.0 Å². The second-order valence-corrected chi connectivity index (χ2v) is 9.89. The summed E-state index contributed by atoms with van der Waals surface area (Å²) in [5, 5.41) is 9.69. The monoisotopic (exact) mass is 574 g/mol. The first-order valence-corrected chi connectivity index (χ1v) is 13.0. The van der Waals surface area contributed by atoms with Crippen molar-refractivity contribution < 1.29 is 32.5 Å². The summed E-state index contributed by atoms with van der Waals surface area (Å²) >= 11 is 5.81. The van der Waals surface area contributed by atoms with Gasteiger partial charge in [-0.25, -0.2) is 27.9 Å². The molecule has 1 fully saturated rings. The number of halogens is 4. The number of ether oxygens (including phenoxy) is 2. The molecule has 1 N–H and O–H groups in total. The molecule has 0 saturated carbocycles. The van der Waals surface area contributed by atoms with Crippen molar-refractivity contribution in [2.45, 2.75) is 38.7 Å². The zero-order chi connectivity index (χ0) is 28.2. The Morgan fingerprint density at radius 1 is 1.07 bits per heavy atom. The number of nitrogens with zero attached hydrogens (tertiary/aromatic N) is 4. The number of carboxylic acid groups (broad SMARTS) is 1. The maximum absolute atomic E-state index is 14.1. The average Bonchev–Trinajstić information content (AvgIpc) is 3.30. The van der Waals surface area contributed by atoms with E-state index in [1.807, 2.05) is 12.1 Å². The zero-order valence-corrected chi connectivity index (χ0v) is 22.1. The Morgan fingerprint density at radius 3 is 2.58 bits per heavy atom. The number of rotatable bonds is 10. The molecule has 0 aliphatic carbocycles. The molecule has 0 amide bonds. The first-order valence-electron chi connectivity index (χ1n) is 12.6. The molecule has 0 spiro atoms. The number of fused-ring (bicyclic) bond motifs is 1. The second kappa shape index (κ2) is 12.1. The van der Waals surface area contributed by atoms with Crippen molar-refractivity contribution >= 4 is 28.6 Å². The summed E-state index contributed by atoms with van der Waals surface area (Å²) in [6, 6.07) is 12.4. The van der Waals surface area contributed by atoms with Gasteiger partial charge in [0.2, 0.25) is 12.7 Å². The predicted octanol–water partition coefficient (Wildman–Crippen LogP) is 6.11. The van der Waals surface area contributed by atoms with E-state index in [-0.39, 0.29) is 34.9 Å². The van der Waals surface area contributed by atoms with Crippen molar-refractivity contribution in [1.29, 1.82) is 0 Å². The molecule has 12 heteroatoms. The van der Waals surface area contributed by atoms with Gasteiger partial charge in [-0.15, -0.1) is 0 Å². The van der Waals surface area contributed by atoms with Crippen LogP contribution in [0.4, 0.5) is 13.2 Å². The minimum absolute atomic E-state index is 0.0273. The highest BCUT2D eigenvalue weighted by Crippen LogP contribution is 2.32. The fourth-order valence-corrected chi connectivity index (χ4v) is 5.09. The van der Waals surface area contributed by atoms with Crippen LogP contribution in [0.1, 0.15) is 46.2 Å². The van der Waals surface area contributed by atoms with Crippen molar-refractivity contribution in [1.82, 2.24) is 19.4 Å². The van der Waals surface area contributed by atoms with Gasteiger partial charge in [0, 0.05) is 28.3 Å². The number of aromatic carboxylic acids is 1. The quantitative estimate of drug-likeness (QED) is 0.244. The third-order valence-corrected chi connectivity index (χ3v) is 7.20. The highest BCUT2D eigenvalue weighted by Gasteiger charge is 2.25. The molecule has 1 aliphatic rings. The molecule has 5 rings (SSSR count). The molecule has 8 nitrogen and oxygen atoms in total. The number of aromatic nitrogens is 3. The number of imidazole rings is 1. The molecule has 2 aromatic heterocycles. The number of benzene rings is 2. The maximum atomic E-state index is 14.1. The topological polar surface area (TPSA) is 89.7 Å². The van der Waals surface area contributed by atoms with E-state index in [4.69, 9.17) is 21.1 Å². The van der Waals surface area contributed by atoms with E-state index in [1.165, 1.54) is 22.8 Å². The van der Waals surface area contributed by atoms with Crippen LogP contribution in [0.2, 0.25) is 5.02 Å². The van der Waals surface area contributed by atoms with Gasteiger partial charge in [0.05, 0.1) is 17.6 Å². The first-order chi connectivity index (χ1) is 19.4. The van der Waals surface area contributed by atoms with E-state index < -0.39 is 25.4 Å². The van der Waals surface area contributed by atoms with Crippen LogP contribution in [-0.4, -0.2) is 50.5 Å². The summed E-state index contributed by atoms with van der Waals surface area (Å²) < 4.78 is 53.1. The number of piperidine rings is 1. The Balaban J connectivity index is 1.25. The number of alkyl halides is 2. The van der Waals surface area contributed by atoms with Gasteiger partial charge in [-0.2, -0.15) is 0 Å². The lowest BCUT2D eigenvalue weighted by molar-refractivity contribution is 0.0696. The average molecular weight is 575 g/mol. The van der Waals surface area contributed by atoms with E-state index in [2.05, 4.69) is 14.9 Å². The molecule has 0 atom stereocenters. The molecular weight excluding hydrogens is 549 g/mol. The number of hydrogen-bond donors (Lipinski definition) is 1. The van der Waals surface area contributed by atoms with Crippen LogP contribution in [0.25, 0.3) is 11.0 Å². The molecule has 1 saturated heterocycles.